The van der Waals surface area contributed by atoms with Crippen molar-refractivity contribution in [1.29, 1.82) is 0 Å². The zero-order valence-corrected chi connectivity index (χ0v) is 18.8. The maximum Gasteiger partial charge on any atom is 0.261 e. The Bertz CT molecular complexity index is 1240. The molecule has 0 unspecified atom stereocenters. The van der Waals surface area contributed by atoms with E-state index in [1.165, 1.54) is 11.3 Å². The second kappa shape index (κ2) is 7.40. The summed E-state index contributed by atoms with van der Waals surface area (Å²) in [7, 11) is 0. The Labute approximate surface area is 193 Å². The molecule has 3 aliphatic rings. The van der Waals surface area contributed by atoms with E-state index in [1.807, 2.05) is 44.2 Å². The average Bonchev–Trinajstić information content (AvgIpc) is 3.10. The number of benzene rings is 2. The van der Waals surface area contributed by atoms with Crippen LogP contribution in [0, 0.1) is 12.3 Å². The van der Waals surface area contributed by atoms with E-state index >= 15 is 0 Å². The van der Waals surface area contributed by atoms with Gasteiger partial charge in [0, 0.05) is 37.7 Å². The first-order valence-electron chi connectivity index (χ1n) is 11.4. The average molecular weight is 439 g/mol. The molecule has 2 aromatic carbocycles. The number of rotatable bonds is 2. The number of hydrazone groups is 1. The molecule has 1 saturated heterocycles. The molecule has 4 heterocycles. The maximum absolute atomic E-state index is 14.2. The maximum atomic E-state index is 14.2. The molecule has 0 radical (unpaired) electrons. The van der Waals surface area contributed by atoms with Crippen LogP contribution in [0.15, 0.2) is 72.1 Å². The Morgan fingerprint density at radius 3 is 2.48 bits per heavy atom. The molecule has 0 N–H and O–H groups in total. The van der Waals surface area contributed by atoms with Crippen LogP contribution in [0.1, 0.15) is 18.1 Å². The van der Waals surface area contributed by atoms with Crippen LogP contribution >= 0.6 is 0 Å². The Balaban J connectivity index is 1.45. The number of fused-ring (bicyclic) bond motifs is 4. The SMILES string of the molecule is CC1=NN(c2ccc(C)cc2)C(=O)[C@@]12Cc1ccccc1N1CCN(c3ncccn3)C[C@@H]12. The van der Waals surface area contributed by atoms with Crippen LogP contribution in [0.3, 0.4) is 0 Å². The van der Waals surface area contributed by atoms with E-state index in [1.54, 1.807) is 17.4 Å². The zero-order valence-electron chi connectivity index (χ0n) is 18.8. The Hall–Kier alpha value is -3.74. The summed E-state index contributed by atoms with van der Waals surface area (Å²) in [5, 5.41) is 6.44. The Kier molecular flexibility index (Phi) is 4.47. The molecule has 0 aliphatic carbocycles. The first-order valence-corrected chi connectivity index (χ1v) is 11.4. The van der Waals surface area contributed by atoms with Crippen molar-refractivity contribution in [3.8, 4) is 0 Å². The van der Waals surface area contributed by atoms with Gasteiger partial charge in [-0.2, -0.15) is 10.1 Å². The number of hydrogen-bond donors (Lipinski definition) is 0. The van der Waals surface area contributed by atoms with Gasteiger partial charge in [-0.05, 0) is 50.1 Å². The van der Waals surface area contributed by atoms with Gasteiger partial charge in [-0.15, -0.1) is 0 Å². The third kappa shape index (κ3) is 2.95. The fraction of sp³-hybridized carbons (Fsp3) is 0.308. The van der Waals surface area contributed by atoms with Gasteiger partial charge in [-0.25, -0.2) is 9.97 Å². The number of aryl methyl sites for hydroxylation is 1. The van der Waals surface area contributed by atoms with E-state index in [4.69, 9.17) is 5.10 Å². The highest BCUT2D eigenvalue weighted by molar-refractivity contribution is 6.20. The lowest BCUT2D eigenvalue weighted by Gasteiger charge is -2.53. The van der Waals surface area contributed by atoms with E-state index in [0.29, 0.717) is 18.9 Å². The van der Waals surface area contributed by atoms with Gasteiger partial charge in [0.15, 0.2) is 0 Å². The molecule has 3 aliphatic heterocycles. The molecule has 1 fully saturated rings. The third-order valence-corrected chi connectivity index (χ3v) is 7.30. The summed E-state index contributed by atoms with van der Waals surface area (Å²) in [6.07, 6.45) is 4.19. The molecule has 3 aromatic rings. The second-order valence-corrected chi connectivity index (χ2v) is 9.12. The van der Waals surface area contributed by atoms with Crippen LogP contribution in [0.2, 0.25) is 0 Å². The smallest absolute Gasteiger partial charge is 0.261 e. The monoisotopic (exact) mass is 438 g/mol. The predicted molar refractivity (Wildman–Crippen MR) is 130 cm³/mol. The summed E-state index contributed by atoms with van der Waals surface area (Å²) in [5.41, 5.74) is 4.53. The minimum absolute atomic E-state index is 0.0455. The molecule has 7 nitrogen and oxygen atoms in total. The molecule has 1 amide bonds. The molecular formula is C26H26N6O. The van der Waals surface area contributed by atoms with Crippen LogP contribution in [0.4, 0.5) is 17.3 Å². The third-order valence-electron chi connectivity index (χ3n) is 7.30. The highest BCUT2D eigenvalue weighted by Gasteiger charge is 2.60. The number of hydrogen-bond acceptors (Lipinski definition) is 6. The van der Waals surface area contributed by atoms with E-state index in [9.17, 15) is 4.79 Å². The van der Waals surface area contributed by atoms with Gasteiger partial charge in [0.05, 0.1) is 17.4 Å². The number of anilines is 3. The van der Waals surface area contributed by atoms with Crippen molar-refractivity contribution in [2.75, 3.05) is 34.4 Å². The number of piperazine rings is 1. The number of aromatic nitrogens is 2. The van der Waals surface area contributed by atoms with Crippen molar-refractivity contribution < 1.29 is 4.79 Å². The quantitative estimate of drug-likeness (QED) is 0.613. The van der Waals surface area contributed by atoms with Crippen LogP contribution in [0.25, 0.3) is 0 Å². The van der Waals surface area contributed by atoms with Crippen molar-refractivity contribution in [1.82, 2.24) is 9.97 Å². The van der Waals surface area contributed by atoms with Crippen molar-refractivity contribution >= 4 is 28.9 Å². The number of amides is 1. The minimum Gasteiger partial charge on any atom is -0.363 e. The highest BCUT2D eigenvalue weighted by atomic mass is 16.2. The van der Waals surface area contributed by atoms with Crippen LogP contribution < -0.4 is 14.8 Å². The van der Waals surface area contributed by atoms with Crippen molar-refractivity contribution in [2.24, 2.45) is 10.5 Å². The molecule has 0 bridgehead atoms. The number of nitrogens with zero attached hydrogens (tertiary/aromatic N) is 6. The molecule has 7 heteroatoms. The van der Waals surface area contributed by atoms with E-state index in [-0.39, 0.29) is 11.9 Å². The van der Waals surface area contributed by atoms with Gasteiger partial charge in [-0.3, -0.25) is 4.79 Å². The number of carbonyl (C=O) groups excluding carboxylic acids is 1. The molecule has 2 atom stereocenters. The fourth-order valence-electron chi connectivity index (χ4n) is 5.56. The van der Waals surface area contributed by atoms with Gasteiger partial charge in [0.25, 0.3) is 5.91 Å². The summed E-state index contributed by atoms with van der Waals surface area (Å²) >= 11 is 0. The zero-order chi connectivity index (χ0) is 22.6. The fourth-order valence-corrected chi connectivity index (χ4v) is 5.56. The largest absolute Gasteiger partial charge is 0.363 e. The van der Waals surface area contributed by atoms with Crippen LogP contribution in [0.5, 0.6) is 0 Å². The van der Waals surface area contributed by atoms with Crippen molar-refractivity contribution in [3.63, 3.8) is 0 Å². The minimum atomic E-state index is -0.729. The summed E-state index contributed by atoms with van der Waals surface area (Å²) < 4.78 is 0. The molecular weight excluding hydrogens is 412 g/mol. The lowest BCUT2D eigenvalue weighted by molar-refractivity contribution is -0.125. The summed E-state index contributed by atoms with van der Waals surface area (Å²) in [5.74, 6) is 0.755. The predicted octanol–water partition coefficient (Wildman–Crippen LogP) is 3.45. The lowest BCUT2D eigenvalue weighted by Crippen LogP contribution is -2.67. The number of carbonyl (C=O) groups is 1. The van der Waals surface area contributed by atoms with E-state index in [0.717, 1.165) is 30.1 Å². The van der Waals surface area contributed by atoms with Gasteiger partial charge in [0.2, 0.25) is 5.95 Å². The van der Waals surface area contributed by atoms with Gasteiger partial charge < -0.3 is 9.80 Å². The highest BCUT2D eigenvalue weighted by Crippen LogP contribution is 2.48. The van der Waals surface area contributed by atoms with Crippen LogP contribution in [-0.4, -0.2) is 47.3 Å². The lowest BCUT2D eigenvalue weighted by atomic mass is 9.67. The van der Waals surface area contributed by atoms with E-state index < -0.39 is 5.41 Å². The first-order chi connectivity index (χ1) is 16.1. The Morgan fingerprint density at radius 1 is 0.939 bits per heavy atom. The van der Waals surface area contributed by atoms with Gasteiger partial charge >= 0.3 is 0 Å². The molecule has 0 saturated carbocycles. The van der Waals surface area contributed by atoms with Crippen LogP contribution in [-0.2, 0) is 11.2 Å². The standard InChI is InChI=1S/C26H26N6O/c1-18-8-10-21(11-9-18)32-24(33)26(19(2)29-32)16-20-6-3-4-7-22(20)31-15-14-30(17-23(26)31)25-27-12-5-13-28-25/h3-13,23H,14-17H2,1-2H3/t23-,26+/m1/s1. The number of para-hydroxylation sites is 1. The molecule has 6 rings (SSSR count). The van der Waals surface area contributed by atoms with Crippen molar-refractivity contribution in [2.45, 2.75) is 26.3 Å². The normalized spacial score (nSPS) is 24.1. The molecule has 166 valence electrons. The molecule has 33 heavy (non-hydrogen) atoms. The summed E-state index contributed by atoms with van der Waals surface area (Å²) in [6, 6.07) is 18.2. The Morgan fingerprint density at radius 2 is 1.70 bits per heavy atom. The summed E-state index contributed by atoms with van der Waals surface area (Å²) in [6.45, 7) is 6.32. The topological polar surface area (TPSA) is 64.9 Å². The molecule has 1 spiro atoms. The van der Waals surface area contributed by atoms with Gasteiger partial charge in [-0.1, -0.05) is 35.9 Å². The van der Waals surface area contributed by atoms with E-state index in [2.05, 4.69) is 44.0 Å². The first kappa shape index (κ1) is 19.9. The second-order valence-electron chi connectivity index (χ2n) is 9.12. The molecule has 1 aromatic heterocycles. The van der Waals surface area contributed by atoms with Crippen molar-refractivity contribution in [3.05, 3.63) is 78.1 Å². The summed E-state index contributed by atoms with van der Waals surface area (Å²) in [4.78, 5) is 27.8. The van der Waals surface area contributed by atoms with Gasteiger partial charge in [0.1, 0.15) is 5.41 Å².